The Balaban J connectivity index is 0.00000180. The molecule has 1 aromatic carbocycles. The van der Waals surface area contributed by atoms with Crippen molar-refractivity contribution >= 4 is 18.3 Å². The lowest BCUT2D eigenvalue weighted by molar-refractivity contribution is -0.122. The predicted octanol–water partition coefficient (Wildman–Crippen LogP) is 1.12. The zero-order valence-electron chi connectivity index (χ0n) is 10.4. The molecule has 1 heterocycles. The molecule has 7 heteroatoms. The molecule has 2 rings (SSSR count). The van der Waals surface area contributed by atoms with Gasteiger partial charge < -0.3 is 15.6 Å². The lowest BCUT2D eigenvalue weighted by Gasteiger charge is -2.11. The van der Waals surface area contributed by atoms with E-state index >= 15 is 0 Å². The third-order valence-electron chi connectivity index (χ3n) is 2.43. The molecule has 0 aliphatic carbocycles. The van der Waals surface area contributed by atoms with Crippen LogP contribution >= 0.6 is 12.4 Å². The first-order valence-corrected chi connectivity index (χ1v) is 5.54. The van der Waals surface area contributed by atoms with Crippen molar-refractivity contribution in [3.8, 4) is 0 Å². The highest BCUT2D eigenvalue weighted by molar-refractivity contribution is 5.85. The van der Waals surface area contributed by atoms with E-state index in [1.54, 1.807) is 6.92 Å². The van der Waals surface area contributed by atoms with E-state index in [0.29, 0.717) is 11.7 Å². The van der Waals surface area contributed by atoms with Crippen molar-refractivity contribution in [2.45, 2.75) is 19.5 Å². The molecule has 0 aliphatic heterocycles. The smallest absolute Gasteiger partial charge is 0.241 e. The van der Waals surface area contributed by atoms with Crippen LogP contribution in [-0.4, -0.2) is 16.0 Å². The summed E-state index contributed by atoms with van der Waals surface area (Å²) in [6, 6.07) is 8.47. The Morgan fingerprint density at radius 2 is 2.11 bits per heavy atom. The topological polar surface area (TPSA) is 94.0 Å². The van der Waals surface area contributed by atoms with Gasteiger partial charge >= 0.3 is 0 Å². The molecule has 0 aliphatic rings. The molecule has 19 heavy (non-hydrogen) atoms. The minimum Gasteiger partial charge on any atom is -0.347 e. The molecule has 102 valence electrons. The molecule has 0 fully saturated rings. The van der Waals surface area contributed by atoms with E-state index in [1.165, 1.54) is 0 Å². The minimum atomic E-state index is -0.695. The van der Waals surface area contributed by atoms with Crippen LogP contribution in [0, 0.1) is 6.92 Å². The Labute approximate surface area is 116 Å². The van der Waals surface area contributed by atoms with Gasteiger partial charge in [-0.1, -0.05) is 35.5 Å². The first kappa shape index (κ1) is 15.1. The van der Waals surface area contributed by atoms with Crippen LogP contribution in [0.2, 0.25) is 0 Å². The molecule has 1 atom stereocenters. The van der Waals surface area contributed by atoms with Crippen LogP contribution < -0.4 is 11.1 Å². The number of amides is 1. The van der Waals surface area contributed by atoms with Crippen molar-refractivity contribution in [3.05, 3.63) is 47.6 Å². The van der Waals surface area contributed by atoms with E-state index in [9.17, 15) is 4.79 Å². The minimum absolute atomic E-state index is 0. The van der Waals surface area contributed by atoms with Gasteiger partial charge in [-0.3, -0.25) is 4.79 Å². The van der Waals surface area contributed by atoms with Crippen molar-refractivity contribution in [2.24, 2.45) is 5.73 Å². The normalized spacial score (nSPS) is 11.5. The number of carbonyl (C=O) groups is 1. The molecule has 0 bridgehead atoms. The van der Waals surface area contributed by atoms with E-state index < -0.39 is 6.04 Å². The number of carbonyl (C=O) groups excluding carboxylic acids is 1. The number of nitrogens with zero attached hydrogens (tertiary/aromatic N) is 2. The van der Waals surface area contributed by atoms with Gasteiger partial charge in [-0.25, -0.2) is 0 Å². The zero-order valence-corrected chi connectivity index (χ0v) is 11.2. The molecule has 1 aromatic heterocycles. The predicted molar refractivity (Wildman–Crippen MR) is 71.5 cm³/mol. The van der Waals surface area contributed by atoms with Crippen molar-refractivity contribution in [3.63, 3.8) is 0 Å². The highest BCUT2D eigenvalue weighted by atomic mass is 35.5. The van der Waals surface area contributed by atoms with Gasteiger partial charge in [0.2, 0.25) is 11.8 Å². The molecule has 1 amide bonds. The first-order chi connectivity index (χ1) is 8.66. The van der Waals surface area contributed by atoms with E-state index in [4.69, 9.17) is 10.3 Å². The summed E-state index contributed by atoms with van der Waals surface area (Å²) in [5, 5.41) is 6.34. The number of aromatic nitrogens is 2. The maximum absolute atomic E-state index is 11.8. The molecule has 1 unspecified atom stereocenters. The van der Waals surface area contributed by atoms with Crippen LogP contribution in [0.5, 0.6) is 0 Å². The number of hydrogen-bond acceptors (Lipinski definition) is 5. The number of nitrogens with two attached hydrogens (primary N) is 1. The highest BCUT2D eigenvalue weighted by Gasteiger charge is 2.15. The van der Waals surface area contributed by atoms with Crippen LogP contribution in [0.3, 0.4) is 0 Å². The van der Waals surface area contributed by atoms with E-state index in [0.717, 1.165) is 5.56 Å². The fourth-order valence-electron chi connectivity index (χ4n) is 1.50. The Morgan fingerprint density at radius 3 is 2.68 bits per heavy atom. The molecule has 0 saturated carbocycles. The number of nitrogens with one attached hydrogen (secondary N) is 1. The van der Waals surface area contributed by atoms with E-state index in [1.807, 2.05) is 30.3 Å². The third kappa shape index (κ3) is 4.04. The summed E-state index contributed by atoms with van der Waals surface area (Å²) in [5.74, 6) is 0.622. The molecular weight excluding hydrogens is 268 g/mol. The summed E-state index contributed by atoms with van der Waals surface area (Å²) in [4.78, 5) is 15.8. The van der Waals surface area contributed by atoms with Gasteiger partial charge in [0.1, 0.15) is 6.04 Å². The second-order valence-electron chi connectivity index (χ2n) is 3.84. The Bertz CT molecular complexity index is 530. The number of rotatable bonds is 4. The maximum atomic E-state index is 11.8. The molecule has 0 radical (unpaired) electrons. The van der Waals surface area contributed by atoms with Gasteiger partial charge in [0.25, 0.3) is 0 Å². The average Bonchev–Trinajstić information content (AvgIpc) is 2.82. The summed E-state index contributed by atoms with van der Waals surface area (Å²) in [5.41, 5.74) is 6.59. The lowest BCUT2D eigenvalue weighted by Crippen LogP contribution is -2.33. The molecular formula is C12H15ClN4O2. The summed E-state index contributed by atoms with van der Waals surface area (Å²) in [6.45, 7) is 1.89. The van der Waals surface area contributed by atoms with Crippen molar-refractivity contribution < 1.29 is 9.32 Å². The number of hydrogen-bond donors (Lipinski definition) is 2. The van der Waals surface area contributed by atoms with Gasteiger partial charge in [-0.15, -0.1) is 12.4 Å². The van der Waals surface area contributed by atoms with Gasteiger partial charge in [0, 0.05) is 6.92 Å². The first-order valence-electron chi connectivity index (χ1n) is 5.54. The lowest BCUT2D eigenvalue weighted by atomic mass is 10.1. The molecule has 2 aromatic rings. The second-order valence-corrected chi connectivity index (χ2v) is 3.84. The standard InChI is InChI=1S/C12H14N4O2.ClH/c1-8-15-10(16-18-8)7-14-12(17)11(13)9-5-3-2-4-6-9;/h2-6,11H,7,13H2,1H3,(H,14,17);1H. The summed E-state index contributed by atoms with van der Waals surface area (Å²) < 4.78 is 4.80. The summed E-state index contributed by atoms with van der Waals surface area (Å²) in [7, 11) is 0. The average molecular weight is 283 g/mol. The Hall–Kier alpha value is -1.92. The van der Waals surface area contributed by atoms with Gasteiger partial charge in [0.05, 0.1) is 6.54 Å². The number of benzene rings is 1. The molecule has 6 nitrogen and oxygen atoms in total. The van der Waals surface area contributed by atoms with Crippen LogP contribution in [0.4, 0.5) is 0 Å². The largest absolute Gasteiger partial charge is 0.347 e. The van der Waals surface area contributed by atoms with E-state index in [2.05, 4.69) is 15.5 Å². The van der Waals surface area contributed by atoms with Gasteiger partial charge in [0.15, 0.2) is 5.82 Å². The monoisotopic (exact) mass is 282 g/mol. The molecule has 3 N–H and O–H groups in total. The van der Waals surface area contributed by atoms with Gasteiger partial charge in [-0.2, -0.15) is 4.98 Å². The van der Waals surface area contributed by atoms with Crippen LogP contribution in [-0.2, 0) is 11.3 Å². The zero-order chi connectivity index (χ0) is 13.0. The van der Waals surface area contributed by atoms with Crippen molar-refractivity contribution in [1.82, 2.24) is 15.5 Å². The SMILES string of the molecule is Cc1nc(CNC(=O)C(N)c2ccccc2)no1.Cl. The van der Waals surface area contributed by atoms with Crippen molar-refractivity contribution in [1.29, 1.82) is 0 Å². The molecule has 0 spiro atoms. The Morgan fingerprint density at radius 1 is 1.42 bits per heavy atom. The second kappa shape index (κ2) is 6.86. The quantitative estimate of drug-likeness (QED) is 0.876. The Kier molecular flexibility index (Phi) is 5.47. The van der Waals surface area contributed by atoms with Crippen LogP contribution in [0.25, 0.3) is 0 Å². The third-order valence-corrected chi connectivity index (χ3v) is 2.43. The fourth-order valence-corrected chi connectivity index (χ4v) is 1.50. The number of halogens is 1. The van der Waals surface area contributed by atoms with Crippen molar-refractivity contribution in [2.75, 3.05) is 0 Å². The van der Waals surface area contributed by atoms with Crippen LogP contribution in [0.15, 0.2) is 34.9 Å². The van der Waals surface area contributed by atoms with Gasteiger partial charge in [-0.05, 0) is 5.56 Å². The highest BCUT2D eigenvalue weighted by Crippen LogP contribution is 2.09. The summed E-state index contributed by atoms with van der Waals surface area (Å²) >= 11 is 0. The summed E-state index contributed by atoms with van der Waals surface area (Å²) in [6.07, 6.45) is 0. The number of aryl methyl sites for hydroxylation is 1. The van der Waals surface area contributed by atoms with Crippen LogP contribution in [0.1, 0.15) is 23.3 Å². The fraction of sp³-hybridized carbons (Fsp3) is 0.250. The maximum Gasteiger partial charge on any atom is 0.241 e. The molecule has 0 saturated heterocycles. The van der Waals surface area contributed by atoms with E-state index in [-0.39, 0.29) is 24.9 Å².